The molecule has 0 aromatic carbocycles. The lowest BCUT2D eigenvalue weighted by Gasteiger charge is -2.30. The van der Waals surface area contributed by atoms with E-state index in [1.165, 1.54) is 5.56 Å². The number of aryl methyl sites for hydroxylation is 1. The van der Waals surface area contributed by atoms with E-state index in [1.54, 1.807) is 0 Å². The van der Waals surface area contributed by atoms with Gasteiger partial charge in [-0.2, -0.15) is 5.10 Å². The quantitative estimate of drug-likeness (QED) is 0.782. The zero-order chi connectivity index (χ0) is 12.4. The minimum Gasteiger partial charge on any atom is -0.396 e. The van der Waals surface area contributed by atoms with Gasteiger partial charge in [0.1, 0.15) is 0 Å². The molecule has 3 unspecified atom stereocenters. The molecule has 1 aliphatic rings. The number of aliphatic hydroxyl groups excluding tert-OH is 1. The van der Waals surface area contributed by atoms with Crippen molar-refractivity contribution in [3.05, 3.63) is 18.0 Å². The number of hydrogen-bond donors (Lipinski definition) is 2. The number of nitrogens with zero attached hydrogens (tertiary/aromatic N) is 3. The maximum atomic E-state index is 9.20. The molecule has 1 aliphatic heterocycles. The number of nitrogens with two attached hydrogens (primary N) is 1. The molecule has 5 nitrogen and oxygen atoms in total. The van der Waals surface area contributed by atoms with Crippen molar-refractivity contribution < 1.29 is 5.11 Å². The number of aliphatic hydroxyl groups is 1. The number of rotatable bonds is 4. The first-order chi connectivity index (χ1) is 8.11. The van der Waals surface area contributed by atoms with Crippen molar-refractivity contribution in [3.8, 4) is 0 Å². The Morgan fingerprint density at radius 2 is 2.41 bits per heavy atom. The minimum atomic E-state index is 0.0663. The van der Waals surface area contributed by atoms with E-state index in [2.05, 4.69) is 10.00 Å². The van der Waals surface area contributed by atoms with Crippen LogP contribution in [-0.4, -0.2) is 45.5 Å². The van der Waals surface area contributed by atoms with E-state index in [9.17, 15) is 5.11 Å². The summed E-state index contributed by atoms with van der Waals surface area (Å²) in [4.78, 5) is 2.36. The Morgan fingerprint density at radius 3 is 2.88 bits per heavy atom. The van der Waals surface area contributed by atoms with Gasteiger partial charge in [0.15, 0.2) is 0 Å². The van der Waals surface area contributed by atoms with Crippen LogP contribution in [0.15, 0.2) is 12.4 Å². The fraction of sp³-hybridized carbons (Fsp3) is 0.750. The zero-order valence-electron chi connectivity index (χ0n) is 10.6. The molecule has 1 aromatic rings. The van der Waals surface area contributed by atoms with Crippen LogP contribution < -0.4 is 5.73 Å². The molecule has 1 saturated heterocycles. The summed E-state index contributed by atoms with van der Waals surface area (Å²) in [6, 6.07) is 0.275. The van der Waals surface area contributed by atoms with Crippen LogP contribution in [0.5, 0.6) is 0 Å². The smallest absolute Gasteiger partial charge is 0.0538 e. The Hall–Kier alpha value is -0.910. The van der Waals surface area contributed by atoms with Gasteiger partial charge in [0.2, 0.25) is 0 Å². The number of likely N-dealkylation sites (tertiary alicyclic amines) is 1. The third-order valence-corrected chi connectivity index (χ3v) is 3.53. The fourth-order valence-electron chi connectivity index (χ4n) is 2.70. The Morgan fingerprint density at radius 1 is 1.65 bits per heavy atom. The van der Waals surface area contributed by atoms with E-state index in [-0.39, 0.29) is 18.7 Å². The molecule has 2 heterocycles. The van der Waals surface area contributed by atoms with Gasteiger partial charge in [-0.25, -0.2) is 0 Å². The fourth-order valence-corrected chi connectivity index (χ4v) is 2.70. The second kappa shape index (κ2) is 5.16. The lowest BCUT2D eigenvalue weighted by Crippen LogP contribution is -2.38. The summed E-state index contributed by atoms with van der Waals surface area (Å²) in [6.45, 7) is 4.24. The van der Waals surface area contributed by atoms with Crippen molar-refractivity contribution in [2.24, 2.45) is 18.7 Å². The average molecular weight is 238 g/mol. The SMILES string of the molecule is CC(N)C(c1cnn(C)c1)N1CCC(CO)C1. The lowest BCUT2D eigenvalue weighted by atomic mass is 10.0. The van der Waals surface area contributed by atoms with Crippen LogP contribution in [0.2, 0.25) is 0 Å². The standard InChI is InChI=1S/C12H22N4O/c1-9(13)12(11-5-14-15(2)7-11)16-4-3-10(6-16)8-17/h5,7,9-10,12,17H,3-4,6,8,13H2,1-2H3. The Bertz CT molecular complexity index is 363. The second-order valence-electron chi connectivity index (χ2n) is 5.08. The highest BCUT2D eigenvalue weighted by Gasteiger charge is 2.31. The van der Waals surface area contributed by atoms with Gasteiger partial charge in [-0.05, 0) is 25.8 Å². The molecular formula is C12H22N4O. The lowest BCUT2D eigenvalue weighted by molar-refractivity contribution is 0.185. The van der Waals surface area contributed by atoms with Gasteiger partial charge < -0.3 is 10.8 Å². The van der Waals surface area contributed by atoms with Crippen LogP contribution in [0, 0.1) is 5.92 Å². The summed E-state index contributed by atoms with van der Waals surface area (Å²) >= 11 is 0. The van der Waals surface area contributed by atoms with E-state index in [0.717, 1.165) is 19.5 Å². The van der Waals surface area contributed by atoms with E-state index < -0.39 is 0 Å². The summed E-state index contributed by atoms with van der Waals surface area (Å²) in [5, 5.41) is 13.4. The van der Waals surface area contributed by atoms with Crippen molar-refractivity contribution in [1.82, 2.24) is 14.7 Å². The summed E-state index contributed by atoms with van der Waals surface area (Å²) in [5.41, 5.74) is 7.27. The third kappa shape index (κ3) is 2.68. The molecule has 2 rings (SSSR count). The van der Waals surface area contributed by atoms with Gasteiger partial charge in [-0.3, -0.25) is 9.58 Å². The number of aromatic nitrogens is 2. The topological polar surface area (TPSA) is 67.3 Å². The normalized spacial score (nSPS) is 25.1. The summed E-state index contributed by atoms with van der Waals surface area (Å²) < 4.78 is 1.81. The van der Waals surface area contributed by atoms with E-state index in [0.29, 0.717) is 5.92 Å². The van der Waals surface area contributed by atoms with E-state index >= 15 is 0 Å². The van der Waals surface area contributed by atoms with Gasteiger partial charge >= 0.3 is 0 Å². The molecule has 3 N–H and O–H groups in total. The van der Waals surface area contributed by atoms with Crippen molar-refractivity contribution in [1.29, 1.82) is 0 Å². The molecule has 0 amide bonds. The number of hydrogen-bond acceptors (Lipinski definition) is 4. The first kappa shape index (κ1) is 12.5. The molecule has 0 bridgehead atoms. The maximum absolute atomic E-state index is 9.20. The third-order valence-electron chi connectivity index (χ3n) is 3.53. The minimum absolute atomic E-state index is 0.0663. The molecule has 1 fully saturated rings. The molecule has 0 aliphatic carbocycles. The first-order valence-corrected chi connectivity index (χ1v) is 6.21. The first-order valence-electron chi connectivity index (χ1n) is 6.21. The highest BCUT2D eigenvalue weighted by Crippen LogP contribution is 2.29. The summed E-state index contributed by atoms with van der Waals surface area (Å²) in [6.07, 6.45) is 4.97. The van der Waals surface area contributed by atoms with E-state index in [1.807, 2.05) is 31.0 Å². The molecule has 5 heteroatoms. The van der Waals surface area contributed by atoms with Crippen LogP contribution in [0.3, 0.4) is 0 Å². The maximum Gasteiger partial charge on any atom is 0.0538 e. The average Bonchev–Trinajstić information content (AvgIpc) is 2.88. The van der Waals surface area contributed by atoms with Gasteiger partial charge in [-0.1, -0.05) is 0 Å². The van der Waals surface area contributed by atoms with Gasteiger partial charge in [-0.15, -0.1) is 0 Å². The molecule has 1 aromatic heterocycles. The van der Waals surface area contributed by atoms with Gasteiger partial charge in [0.25, 0.3) is 0 Å². The van der Waals surface area contributed by atoms with Crippen molar-refractivity contribution in [2.75, 3.05) is 19.7 Å². The molecule has 0 saturated carbocycles. The molecule has 0 radical (unpaired) electrons. The predicted octanol–water partition coefficient (Wildman–Crippen LogP) is 0.123. The highest BCUT2D eigenvalue weighted by atomic mass is 16.3. The zero-order valence-corrected chi connectivity index (χ0v) is 10.6. The van der Waals surface area contributed by atoms with Crippen molar-refractivity contribution >= 4 is 0 Å². The summed E-state index contributed by atoms with van der Waals surface area (Å²) in [5.74, 6) is 0.396. The van der Waals surface area contributed by atoms with Crippen LogP contribution >= 0.6 is 0 Å². The van der Waals surface area contributed by atoms with Gasteiger partial charge in [0.05, 0.1) is 12.2 Å². The predicted molar refractivity (Wildman–Crippen MR) is 66.4 cm³/mol. The monoisotopic (exact) mass is 238 g/mol. The highest BCUT2D eigenvalue weighted by molar-refractivity contribution is 5.13. The van der Waals surface area contributed by atoms with Crippen molar-refractivity contribution in [2.45, 2.75) is 25.4 Å². The summed E-state index contributed by atoms with van der Waals surface area (Å²) in [7, 11) is 1.92. The molecular weight excluding hydrogens is 216 g/mol. The Labute approximate surface area is 102 Å². The second-order valence-corrected chi connectivity index (χ2v) is 5.08. The van der Waals surface area contributed by atoms with Crippen LogP contribution in [0.1, 0.15) is 24.9 Å². The van der Waals surface area contributed by atoms with Crippen LogP contribution in [0.25, 0.3) is 0 Å². The molecule has 96 valence electrons. The largest absolute Gasteiger partial charge is 0.396 e. The molecule has 3 atom stereocenters. The van der Waals surface area contributed by atoms with E-state index in [4.69, 9.17) is 5.73 Å². The van der Waals surface area contributed by atoms with Crippen LogP contribution in [-0.2, 0) is 7.05 Å². The van der Waals surface area contributed by atoms with Crippen molar-refractivity contribution in [3.63, 3.8) is 0 Å². The molecule has 0 spiro atoms. The molecule has 17 heavy (non-hydrogen) atoms. The van der Waals surface area contributed by atoms with Gasteiger partial charge in [0, 0.05) is 38.0 Å². The Balaban J connectivity index is 2.13. The Kier molecular flexibility index (Phi) is 3.81. The van der Waals surface area contributed by atoms with Crippen LogP contribution in [0.4, 0.5) is 0 Å².